The summed E-state index contributed by atoms with van der Waals surface area (Å²) in [6, 6.07) is 0. The molecule has 0 unspecified atom stereocenters. The molecule has 0 saturated heterocycles. The van der Waals surface area contributed by atoms with Crippen LogP contribution in [-0.2, 0) is 26.8 Å². The molecular weight excluding hydrogens is 721 g/mol. The fourth-order valence-electron chi connectivity index (χ4n) is 0. The van der Waals surface area contributed by atoms with Crippen LogP contribution in [0.4, 0.5) is 0 Å². The van der Waals surface area contributed by atoms with Gasteiger partial charge in [0, 0.05) is 55.0 Å². The first-order valence-electron chi connectivity index (χ1n) is 3.67. The van der Waals surface area contributed by atoms with Crippen LogP contribution in [-0.4, -0.2) is 266 Å². The first-order chi connectivity index (χ1) is 10.4. The van der Waals surface area contributed by atoms with Crippen LogP contribution in [0.3, 0.4) is 0 Å². The molecular formula is H10Ca5O22Si6. The third-order valence-electron chi connectivity index (χ3n) is 0. The zero-order valence-corrected chi connectivity index (χ0v) is 32.9. The Balaban J connectivity index is -0.00000000697. The molecule has 0 bridgehead atoms. The summed E-state index contributed by atoms with van der Waals surface area (Å²) in [5.41, 5.74) is 0. The van der Waals surface area contributed by atoms with Crippen molar-refractivity contribution in [1.29, 1.82) is 0 Å². The molecule has 0 rings (SSSR count). The second-order valence-corrected chi connectivity index (χ2v) is 4.50. The van der Waals surface area contributed by atoms with Crippen LogP contribution >= 0.6 is 0 Å². The van der Waals surface area contributed by atoms with Crippen molar-refractivity contribution in [2.45, 2.75) is 0 Å². The van der Waals surface area contributed by atoms with Gasteiger partial charge in [0.25, 0.3) is 0 Å². The van der Waals surface area contributed by atoms with Gasteiger partial charge in [0.05, 0.1) is 0 Å². The summed E-state index contributed by atoms with van der Waals surface area (Å²) in [7, 11) is -21.8. The van der Waals surface area contributed by atoms with E-state index >= 15 is 0 Å². The van der Waals surface area contributed by atoms with E-state index in [1.54, 1.807) is 0 Å². The van der Waals surface area contributed by atoms with Gasteiger partial charge < -0.3 is 106 Å². The van der Waals surface area contributed by atoms with E-state index < -0.39 is 55.0 Å². The quantitative estimate of drug-likeness (QED) is 0.209. The largest absolute Gasteiger partial charge is 2.00 e. The van der Waals surface area contributed by atoms with Crippen LogP contribution in [0.1, 0.15) is 2.85 Å². The normalized spacial score (nSPS) is 4.36. The predicted octanol–water partition coefficient (Wildman–Crippen LogP) is -22.2. The third-order valence-corrected chi connectivity index (χ3v) is 0. The van der Waals surface area contributed by atoms with Crippen LogP contribution in [0.15, 0.2) is 0 Å². The second kappa shape index (κ2) is 91.2. The first-order valence-corrected chi connectivity index (χ1v) is 11.0. The Morgan fingerprint density at radius 3 is 0.273 bits per heavy atom. The minimum atomic E-state index is -3.63. The van der Waals surface area contributed by atoms with Crippen LogP contribution in [0.2, 0.25) is 0 Å². The Morgan fingerprint density at radius 1 is 0.273 bits per heavy atom. The van der Waals surface area contributed by atoms with Gasteiger partial charge in [-0.15, -0.1) is 0 Å². The van der Waals surface area contributed by atoms with E-state index in [-0.39, 0.29) is 213 Å². The van der Waals surface area contributed by atoms with Gasteiger partial charge in [-0.05, 0) is 0 Å². The molecule has 0 aliphatic rings. The molecule has 0 aliphatic heterocycles. The van der Waals surface area contributed by atoms with Crippen LogP contribution in [0.25, 0.3) is 0 Å². The zero-order chi connectivity index (χ0) is 21.5. The summed E-state index contributed by atoms with van der Waals surface area (Å²) in [5, 5.41) is 0. The molecule has 0 aromatic rings. The molecule has 22 nitrogen and oxygen atoms in total. The SMILES string of the molecule is O.O.O.O.O=[Si]([O-])[O-].O=[Si]([O-])[O-].O=[Si]([O-])[O-].O=[Si]([O-])[O-].O=[Si]([O-])[O-].O=[Si]([O-])[O-].[Ca+2].[Ca+2].[Ca+2].[Ca+2].[Ca+2].[H+].[H+]. The van der Waals surface area contributed by atoms with E-state index in [0.29, 0.717) is 0 Å². The van der Waals surface area contributed by atoms with E-state index in [1.807, 2.05) is 0 Å². The van der Waals surface area contributed by atoms with Crippen molar-refractivity contribution in [2.24, 2.45) is 0 Å². The van der Waals surface area contributed by atoms with Crippen molar-refractivity contribution < 1.29 is 109 Å². The minimum absolute atomic E-state index is 0. The van der Waals surface area contributed by atoms with Crippen LogP contribution in [0, 0.1) is 0 Å². The molecule has 0 radical (unpaired) electrons. The molecule has 0 aromatic carbocycles. The van der Waals surface area contributed by atoms with Gasteiger partial charge in [0.1, 0.15) is 0 Å². The fraction of sp³-hybridized carbons (Fsp3) is 0. The molecule has 0 saturated carbocycles. The van der Waals surface area contributed by atoms with Crippen molar-refractivity contribution >= 4 is 244 Å². The average Bonchev–Trinajstić information content (AvgIpc) is 2.08. The first kappa shape index (κ1) is 99.2. The maximum atomic E-state index is 8.52. The van der Waals surface area contributed by atoms with Crippen molar-refractivity contribution in [1.82, 2.24) is 0 Å². The number of hydrogen-bond donors (Lipinski definition) is 0. The Bertz CT molecular complexity index is 283. The summed E-state index contributed by atoms with van der Waals surface area (Å²) >= 11 is 0. The molecule has 8 N–H and O–H groups in total. The Morgan fingerprint density at radius 2 is 0.273 bits per heavy atom. The van der Waals surface area contributed by atoms with E-state index in [1.165, 1.54) is 0 Å². The van der Waals surface area contributed by atoms with Gasteiger partial charge in [0.15, 0.2) is 0 Å². The molecule has 33 heteroatoms. The van der Waals surface area contributed by atoms with Crippen LogP contribution in [0.5, 0.6) is 0 Å². The van der Waals surface area contributed by atoms with E-state index in [2.05, 4.69) is 0 Å². The fourth-order valence-corrected chi connectivity index (χ4v) is 0. The number of rotatable bonds is 0. The molecule has 0 amide bonds. The summed E-state index contributed by atoms with van der Waals surface area (Å²) < 4.78 is 51.1. The topological polar surface area (TPSA) is 505 Å². The Kier molecular flexibility index (Phi) is 274. The van der Waals surface area contributed by atoms with E-state index in [0.717, 1.165) is 0 Å². The maximum absolute atomic E-state index is 8.52. The van der Waals surface area contributed by atoms with Gasteiger partial charge in [-0.25, -0.2) is 0 Å². The van der Waals surface area contributed by atoms with Gasteiger partial charge in [-0.1, -0.05) is 0 Å². The van der Waals surface area contributed by atoms with E-state index in [9.17, 15) is 0 Å². The Labute approximate surface area is 345 Å². The second-order valence-electron chi connectivity index (χ2n) is 1.50. The van der Waals surface area contributed by atoms with Crippen molar-refractivity contribution in [3.63, 3.8) is 0 Å². The summed E-state index contributed by atoms with van der Waals surface area (Å²) in [6.45, 7) is 0. The smallest absolute Gasteiger partial charge is 0.672 e. The molecule has 0 aliphatic carbocycles. The van der Waals surface area contributed by atoms with Gasteiger partial charge in [-0.3, -0.25) is 0 Å². The van der Waals surface area contributed by atoms with Crippen molar-refractivity contribution in [3.05, 3.63) is 0 Å². The molecule has 33 heavy (non-hydrogen) atoms. The monoisotopic (exact) mass is 730 g/mol. The average molecular weight is 731 g/mol. The molecule has 0 atom stereocenters. The van der Waals surface area contributed by atoms with Crippen molar-refractivity contribution in [3.8, 4) is 0 Å². The van der Waals surface area contributed by atoms with Gasteiger partial charge >= 0.3 is 192 Å². The number of hydrogen-bond acceptors (Lipinski definition) is 18. The maximum Gasteiger partial charge on any atom is 2.00 e. The molecule has 0 aromatic heterocycles. The molecule has 0 spiro atoms. The molecule has 176 valence electrons. The summed E-state index contributed by atoms with van der Waals surface area (Å²) in [4.78, 5) is 102. The minimum Gasteiger partial charge on any atom is -0.672 e. The van der Waals surface area contributed by atoms with Gasteiger partial charge in [-0.2, -0.15) is 0 Å². The molecule has 0 fully saturated rings. The standard InChI is InChI=1S/5Ca.6O3Si.4H2O/c;;;;;6*1-4(2)3;;;;/h;;;;;;;;;;;4*1H2/q5*+2;6*-2;;;;/p+2. The van der Waals surface area contributed by atoms with E-state index in [4.69, 9.17) is 84.3 Å². The molecule has 0 heterocycles. The summed E-state index contributed by atoms with van der Waals surface area (Å²) in [6.07, 6.45) is 0. The Hall–Kier alpha value is 3.84. The third kappa shape index (κ3) is 2780. The van der Waals surface area contributed by atoms with Crippen LogP contribution < -0.4 is 57.5 Å². The van der Waals surface area contributed by atoms with Gasteiger partial charge in [0.2, 0.25) is 0 Å². The predicted molar refractivity (Wildman–Crippen MR) is 84.1 cm³/mol. The summed E-state index contributed by atoms with van der Waals surface area (Å²) in [5.74, 6) is 0. The van der Waals surface area contributed by atoms with Crippen molar-refractivity contribution in [2.75, 3.05) is 0 Å². The zero-order valence-electron chi connectivity index (χ0n) is 17.9.